The Morgan fingerprint density at radius 1 is 1.14 bits per heavy atom. The number of nitrogens with zero attached hydrogens (tertiary/aromatic N) is 3. The molecule has 0 unspecified atom stereocenters. The molecule has 1 amide bonds. The summed E-state index contributed by atoms with van der Waals surface area (Å²) in [6.07, 6.45) is 1.44. The van der Waals surface area contributed by atoms with Crippen molar-refractivity contribution in [3.8, 4) is 5.69 Å². The van der Waals surface area contributed by atoms with E-state index in [1.165, 1.54) is 46.1 Å². The van der Waals surface area contributed by atoms with Gasteiger partial charge in [0, 0.05) is 24.7 Å². The second kappa shape index (κ2) is 7.35. The molecule has 2 aromatic heterocycles. The van der Waals surface area contributed by atoms with Gasteiger partial charge in [-0.15, -0.1) is 0 Å². The molecule has 0 aliphatic rings. The maximum absolute atomic E-state index is 13.2. The zero-order chi connectivity index (χ0) is 20.5. The highest BCUT2D eigenvalue weighted by Crippen LogP contribution is 2.27. The first-order valence-electron chi connectivity index (χ1n) is 9.05. The summed E-state index contributed by atoms with van der Waals surface area (Å²) in [5, 5.41) is 5.11. The number of carbonyl (C=O) groups excluding carboxylic acids is 1. The van der Waals surface area contributed by atoms with Crippen molar-refractivity contribution in [3.63, 3.8) is 0 Å². The molecule has 4 rings (SSSR count). The van der Waals surface area contributed by atoms with E-state index in [1.807, 2.05) is 37.3 Å². The molecule has 0 radical (unpaired) electrons. The van der Waals surface area contributed by atoms with Crippen molar-refractivity contribution in [2.75, 3.05) is 7.05 Å². The predicted molar refractivity (Wildman–Crippen MR) is 107 cm³/mol. The van der Waals surface area contributed by atoms with E-state index < -0.39 is 17.4 Å². The van der Waals surface area contributed by atoms with Crippen molar-refractivity contribution in [2.24, 2.45) is 0 Å². The summed E-state index contributed by atoms with van der Waals surface area (Å²) >= 11 is 0. The van der Waals surface area contributed by atoms with Gasteiger partial charge < -0.3 is 9.32 Å². The molecule has 2 heterocycles. The van der Waals surface area contributed by atoms with Crippen molar-refractivity contribution in [2.45, 2.75) is 13.0 Å². The van der Waals surface area contributed by atoms with Gasteiger partial charge in [-0.1, -0.05) is 18.2 Å². The van der Waals surface area contributed by atoms with Crippen LogP contribution >= 0.6 is 0 Å². The van der Waals surface area contributed by atoms with Gasteiger partial charge in [-0.2, -0.15) is 5.10 Å². The molecule has 2 aromatic carbocycles. The largest absolute Gasteiger partial charge is 0.459 e. The number of amides is 1. The minimum atomic E-state index is -0.528. The highest BCUT2D eigenvalue weighted by atomic mass is 19.1. The van der Waals surface area contributed by atoms with Crippen LogP contribution in [-0.2, 0) is 0 Å². The lowest BCUT2D eigenvalue weighted by Crippen LogP contribution is -2.34. The Balaban J connectivity index is 1.65. The molecular formula is C22H18FN3O3. The van der Waals surface area contributed by atoms with E-state index in [0.717, 1.165) is 11.0 Å². The molecule has 0 fully saturated rings. The van der Waals surface area contributed by atoms with Crippen LogP contribution < -0.4 is 5.43 Å². The Bertz CT molecular complexity index is 1210. The maximum Gasteiger partial charge on any atom is 0.278 e. The smallest absolute Gasteiger partial charge is 0.278 e. The Morgan fingerprint density at radius 2 is 1.86 bits per heavy atom. The van der Waals surface area contributed by atoms with Crippen molar-refractivity contribution in [1.82, 2.24) is 14.7 Å². The second-order valence-corrected chi connectivity index (χ2v) is 6.73. The number of hydrogen-bond donors (Lipinski definition) is 0. The van der Waals surface area contributed by atoms with E-state index in [-0.39, 0.29) is 11.5 Å². The molecule has 6 nitrogen and oxygen atoms in total. The van der Waals surface area contributed by atoms with Crippen LogP contribution in [-0.4, -0.2) is 27.6 Å². The summed E-state index contributed by atoms with van der Waals surface area (Å²) in [6, 6.07) is 15.9. The van der Waals surface area contributed by atoms with Crippen molar-refractivity contribution in [3.05, 3.63) is 94.4 Å². The monoisotopic (exact) mass is 391 g/mol. The Kier molecular flexibility index (Phi) is 4.72. The first-order valence-corrected chi connectivity index (χ1v) is 9.05. The van der Waals surface area contributed by atoms with Gasteiger partial charge >= 0.3 is 0 Å². The van der Waals surface area contributed by atoms with E-state index in [2.05, 4.69) is 5.10 Å². The average Bonchev–Trinajstić information content (AvgIpc) is 3.17. The van der Waals surface area contributed by atoms with Gasteiger partial charge in [0.2, 0.25) is 5.43 Å². The number of fused-ring (bicyclic) bond motifs is 1. The lowest BCUT2D eigenvalue weighted by atomic mass is 10.2. The zero-order valence-corrected chi connectivity index (χ0v) is 15.9. The molecule has 1 atom stereocenters. The minimum absolute atomic E-state index is 0.220. The number of para-hydroxylation sites is 1. The molecule has 0 aliphatic carbocycles. The van der Waals surface area contributed by atoms with Crippen LogP contribution in [0.5, 0.6) is 0 Å². The number of rotatable bonds is 4. The lowest BCUT2D eigenvalue weighted by molar-refractivity contribution is 0.0718. The van der Waals surface area contributed by atoms with Gasteiger partial charge in [0.1, 0.15) is 17.2 Å². The number of aromatic nitrogens is 2. The Labute approximate surface area is 165 Å². The van der Waals surface area contributed by atoms with Crippen LogP contribution in [0.15, 0.2) is 76.1 Å². The van der Waals surface area contributed by atoms with Crippen LogP contribution in [0.4, 0.5) is 4.39 Å². The number of halogens is 1. The summed E-state index contributed by atoms with van der Waals surface area (Å²) in [7, 11) is 1.59. The van der Waals surface area contributed by atoms with Crippen LogP contribution in [0, 0.1) is 5.82 Å². The molecule has 146 valence electrons. The third-order valence-electron chi connectivity index (χ3n) is 4.86. The molecule has 0 saturated carbocycles. The molecule has 0 N–H and O–H groups in total. The Morgan fingerprint density at radius 3 is 2.59 bits per heavy atom. The maximum atomic E-state index is 13.2. The topological polar surface area (TPSA) is 68.3 Å². The third-order valence-corrected chi connectivity index (χ3v) is 4.86. The summed E-state index contributed by atoms with van der Waals surface area (Å²) in [5.74, 6) is -0.304. The fraction of sp³-hybridized carbons (Fsp3) is 0.136. The molecule has 0 spiro atoms. The fourth-order valence-corrected chi connectivity index (χ4v) is 3.04. The Hall–Kier alpha value is -3.74. The zero-order valence-electron chi connectivity index (χ0n) is 15.9. The summed E-state index contributed by atoms with van der Waals surface area (Å²) < 4.78 is 20.4. The van der Waals surface area contributed by atoms with E-state index >= 15 is 0 Å². The minimum Gasteiger partial charge on any atom is -0.459 e. The standard InChI is InChI=1S/C22H18FN3O3/c1-14(20-13-15-5-3-4-6-19(15)29-20)25(2)22(28)21-18(27)11-12-26(24-21)17-9-7-16(23)8-10-17/h3-14H,1-2H3/t14-/m0/s1. The van der Waals surface area contributed by atoms with Gasteiger partial charge in [0.05, 0.1) is 11.7 Å². The highest BCUT2D eigenvalue weighted by molar-refractivity contribution is 5.92. The molecule has 0 bridgehead atoms. The number of carbonyl (C=O) groups is 1. The average molecular weight is 391 g/mol. The normalized spacial score (nSPS) is 12.1. The summed E-state index contributed by atoms with van der Waals surface area (Å²) in [6.45, 7) is 1.82. The third kappa shape index (κ3) is 3.54. The number of benzene rings is 2. The van der Waals surface area contributed by atoms with Crippen molar-refractivity contribution < 1.29 is 13.6 Å². The van der Waals surface area contributed by atoms with Gasteiger partial charge in [-0.25, -0.2) is 9.07 Å². The van der Waals surface area contributed by atoms with Gasteiger partial charge in [-0.05, 0) is 43.3 Å². The van der Waals surface area contributed by atoms with E-state index in [9.17, 15) is 14.0 Å². The van der Waals surface area contributed by atoms with Gasteiger partial charge in [0.15, 0.2) is 5.69 Å². The van der Waals surface area contributed by atoms with Gasteiger partial charge in [-0.3, -0.25) is 9.59 Å². The summed E-state index contributed by atoms with van der Waals surface area (Å²) in [5.41, 5.74) is 0.555. The molecule has 0 saturated heterocycles. The predicted octanol–water partition coefficient (Wildman–Crippen LogP) is 3.95. The van der Waals surface area contributed by atoms with E-state index in [4.69, 9.17) is 4.42 Å². The molecule has 7 heteroatoms. The number of furan rings is 1. The van der Waals surface area contributed by atoms with E-state index in [0.29, 0.717) is 11.4 Å². The summed E-state index contributed by atoms with van der Waals surface area (Å²) in [4.78, 5) is 26.7. The van der Waals surface area contributed by atoms with Crippen molar-refractivity contribution in [1.29, 1.82) is 0 Å². The van der Waals surface area contributed by atoms with Crippen LogP contribution in [0.2, 0.25) is 0 Å². The fourth-order valence-electron chi connectivity index (χ4n) is 3.04. The SMILES string of the molecule is C[C@@H](c1cc2ccccc2o1)N(C)C(=O)c1nn(-c2ccc(F)cc2)ccc1=O. The quantitative estimate of drug-likeness (QED) is 0.528. The van der Waals surface area contributed by atoms with Crippen LogP contribution in [0.1, 0.15) is 29.2 Å². The first-order chi connectivity index (χ1) is 13.9. The first kappa shape index (κ1) is 18.6. The molecular weight excluding hydrogens is 373 g/mol. The number of hydrogen-bond acceptors (Lipinski definition) is 4. The molecule has 29 heavy (non-hydrogen) atoms. The van der Waals surface area contributed by atoms with Crippen molar-refractivity contribution >= 4 is 16.9 Å². The van der Waals surface area contributed by atoms with E-state index in [1.54, 1.807) is 7.05 Å². The van der Waals surface area contributed by atoms with Gasteiger partial charge in [0.25, 0.3) is 5.91 Å². The second-order valence-electron chi connectivity index (χ2n) is 6.73. The van der Waals surface area contributed by atoms with Crippen LogP contribution in [0.3, 0.4) is 0 Å². The molecule has 4 aromatic rings. The molecule has 0 aliphatic heterocycles. The highest BCUT2D eigenvalue weighted by Gasteiger charge is 2.25. The van der Waals surface area contributed by atoms with Crippen LogP contribution in [0.25, 0.3) is 16.7 Å². The lowest BCUT2D eigenvalue weighted by Gasteiger charge is -2.22.